The van der Waals surface area contributed by atoms with Crippen LogP contribution in [-0.2, 0) is 6.54 Å². The molecular weight excluding hydrogens is 293 g/mol. The third kappa shape index (κ3) is 4.26. The van der Waals surface area contributed by atoms with E-state index in [4.69, 9.17) is 11.6 Å². The Kier molecular flexibility index (Phi) is 4.78. The zero-order valence-corrected chi connectivity index (χ0v) is 11.8. The first-order valence-corrected chi connectivity index (χ1v) is 6.72. The quantitative estimate of drug-likeness (QED) is 0.929. The zero-order chi connectivity index (χ0) is 14.8. The Labute approximate surface area is 120 Å². The molecule has 1 fully saturated rings. The molecule has 7 heteroatoms. The van der Waals surface area contributed by atoms with Gasteiger partial charge >= 0.3 is 6.36 Å². The van der Waals surface area contributed by atoms with Crippen LogP contribution in [0.25, 0.3) is 0 Å². The minimum atomic E-state index is -4.72. The van der Waals surface area contributed by atoms with Crippen molar-refractivity contribution in [3.05, 3.63) is 28.8 Å². The molecule has 1 heterocycles. The topological polar surface area (TPSA) is 24.5 Å². The zero-order valence-electron chi connectivity index (χ0n) is 11.0. The summed E-state index contributed by atoms with van der Waals surface area (Å²) in [5, 5.41) is 3.26. The number of piperazine rings is 1. The molecule has 112 valence electrons. The number of nitrogens with one attached hydrogen (secondary N) is 1. The van der Waals surface area contributed by atoms with Crippen molar-refractivity contribution in [1.82, 2.24) is 10.2 Å². The maximum atomic E-state index is 12.1. The predicted octanol–water partition coefficient (Wildman–Crippen LogP) is 3.03. The highest BCUT2D eigenvalue weighted by Gasteiger charge is 2.32. The maximum Gasteiger partial charge on any atom is 0.573 e. The van der Waals surface area contributed by atoms with E-state index in [-0.39, 0.29) is 10.8 Å². The van der Waals surface area contributed by atoms with Gasteiger partial charge in [-0.1, -0.05) is 17.7 Å². The molecule has 0 bridgehead atoms. The number of alkyl halides is 3. The first-order chi connectivity index (χ1) is 9.35. The standard InChI is InChI=1S/C13H16ClF3N2O/c1-9-7-18-4-5-19(9)8-10-2-3-12(11(14)6-10)20-13(15,16)17/h2-3,6,9,18H,4-5,7-8H2,1H3. The summed E-state index contributed by atoms with van der Waals surface area (Å²) in [5.74, 6) is -0.365. The number of benzene rings is 1. The van der Waals surface area contributed by atoms with Crippen LogP contribution in [0.3, 0.4) is 0 Å². The summed E-state index contributed by atoms with van der Waals surface area (Å²) in [5.41, 5.74) is 0.873. The fourth-order valence-corrected chi connectivity index (χ4v) is 2.44. The molecule has 1 aromatic carbocycles. The largest absolute Gasteiger partial charge is 0.573 e. The van der Waals surface area contributed by atoms with Crippen LogP contribution in [0.2, 0.25) is 5.02 Å². The van der Waals surface area contributed by atoms with Crippen molar-refractivity contribution in [2.75, 3.05) is 19.6 Å². The molecule has 0 radical (unpaired) electrons. The monoisotopic (exact) mass is 308 g/mol. The van der Waals surface area contributed by atoms with Crippen LogP contribution in [0.5, 0.6) is 5.75 Å². The van der Waals surface area contributed by atoms with Crippen molar-refractivity contribution in [2.45, 2.75) is 25.9 Å². The summed E-state index contributed by atoms with van der Waals surface area (Å²) in [6.07, 6.45) is -4.72. The van der Waals surface area contributed by atoms with Gasteiger partial charge in [0, 0.05) is 32.2 Å². The summed E-state index contributed by atoms with van der Waals surface area (Å²) in [4.78, 5) is 2.26. The second-order valence-corrected chi connectivity index (χ2v) is 5.24. The van der Waals surface area contributed by atoms with Gasteiger partial charge in [0.15, 0.2) is 0 Å². The highest BCUT2D eigenvalue weighted by Crippen LogP contribution is 2.31. The Morgan fingerprint density at radius 1 is 1.45 bits per heavy atom. The maximum absolute atomic E-state index is 12.1. The predicted molar refractivity (Wildman–Crippen MR) is 70.9 cm³/mol. The molecular formula is C13H16ClF3N2O. The molecule has 1 aliphatic heterocycles. The third-order valence-corrected chi connectivity index (χ3v) is 3.54. The Morgan fingerprint density at radius 3 is 2.80 bits per heavy atom. The van der Waals surface area contributed by atoms with Crippen LogP contribution in [0.15, 0.2) is 18.2 Å². The second-order valence-electron chi connectivity index (χ2n) is 4.84. The molecule has 1 saturated heterocycles. The van der Waals surface area contributed by atoms with Crippen LogP contribution in [0.1, 0.15) is 12.5 Å². The Morgan fingerprint density at radius 2 is 2.20 bits per heavy atom. The van der Waals surface area contributed by atoms with Crippen molar-refractivity contribution in [3.8, 4) is 5.75 Å². The van der Waals surface area contributed by atoms with E-state index in [1.54, 1.807) is 6.07 Å². The van der Waals surface area contributed by atoms with Gasteiger partial charge in [0.25, 0.3) is 0 Å². The van der Waals surface area contributed by atoms with E-state index in [0.29, 0.717) is 12.6 Å². The number of nitrogens with zero attached hydrogens (tertiary/aromatic N) is 1. The van der Waals surface area contributed by atoms with Gasteiger partial charge in [0.2, 0.25) is 0 Å². The number of ether oxygens (including phenoxy) is 1. The molecule has 1 atom stereocenters. The first-order valence-electron chi connectivity index (χ1n) is 6.34. The number of hydrogen-bond acceptors (Lipinski definition) is 3. The van der Waals surface area contributed by atoms with Crippen LogP contribution in [-0.4, -0.2) is 36.9 Å². The molecule has 0 aliphatic carbocycles. The van der Waals surface area contributed by atoms with Gasteiger partial charge in [-0.2, -0.15) is 0 Å². The van der Waals surface area contributed by atoms with Crippen LogP contribution in [0, 0.1) is 0 Å². The normalized spacial score (nSPS) is 20.9. The summed E-state index contributed by atoms with van der Waals surface area (Å²) < 4.78 is 40.3. The average molecular weight is 309 g/mol. The van der Waals surface area contributed by atoms with Gasteiger partial charge in [-0.3, -0.25) is 4.90 Å². The van der Waals surface area contributed by atoms with Crippen molar-refractivity contribution < 1.29 is 17.9 Å². The lowest BCUT2D eigenvalue weighted by Gasteiger charge is -2.33. The summed E-state index contributed by atoms with van der Waals surface area (Å²) >= 11 is 5.83. The molecule has 1 unspecified atom stereocenters. The van der Waals surface area contributed by atoms with E-state index < -0.39 is 6.36 Å². The molecule has 3 nitrogen and oxygen atoms in total. The highest BCUT2D eigenvalue weighted by atomic mass is 35.5. The fraction of sp³-hybridized carbons (Fsp3) is 0.538. The molecule has 0 saturated carbocycles. The highest BCUT2D eigenvalue weighted by molar-refractivity contribution is 6.32. The molecule has 2 rings (SSSR count). The Balaban J connectivity index is 2.05. The lowest BCUT2D eigenvalue weighted by Crippen LogP contribution is -2.49. The lowest BCUT2D eigenvalue weighted by molar-refractivity contribution is -0.274. The van der Waals surface area contributed by atoms with E-state index in [2.05, 4.69) is 21.9 Å². The van der Waals surface area contributed by atoms with E-state index in [1.165, 1.54) is 12.1 Å². The van der Waals surface area contributed by atoms with Crippen LogP contribution in [0.4, 0.5) is 13.2 Å². The van der Waals surface area contributed by atoms with E-state index in [9.17, 15) is 13.2 Å². The molecule has 1 aliphatic rings. The fourth-order valence-electron chi connectivity index (χ4n) is 2.20. The van der Waals surface area contributed by atoms with Crippen molar-refractivity contribution >= 4 is 11.6 Å². The molecule has 1 N–H and O–H groups in total. The SMILES string of the molecule is CC1CNCCN1Cc1ccc(OC(F)(F)F)c(Cl)c1. The van der Waals surface area contributed by atoms with Crippen molar-refractivity contribution in [2.24, 2.45) is 0 Å². The first kappa shape index (κ1) is 15.4. The van der Waals surface area contributed by atoms with Gasteiger partial charge in [-0.15, -0.1) is 13.2 Å². The van der Waals surface area contributed by atoms with Gasteiger partial charge in [-0.05, 0) is 24.6 Å². The van der Waals surface area contributed by atoms with Gasteiger partial charge in [0.1, 0.15) is 5.75 Å². The minimum Gasteiger partial charge on any atom is -0.404 e. The molecule has 0 amide bonds. The van der Waals surface area contributed by atoms with Crippen LogP contribution < -0.4 is 10.1 Å². The second kappa shape index (κ2) is 6.20. The van der Waals surface area contributed by atoms with Crippen molar-refractivity contribution in [1.29, 1.82) is 0 Å². The summed E-state index contributed by atoms with van der Waals surface area (Å²) in [7, 11) is 0. The molecule has 0 aromatic heterocycles. The van der Waals surface area contributed by atoms with Gasteiger partial charge < -0.3 is 10.1 Å². The molecule has 1 aromatic rings. The molecule has 0 spiro atoms. The third-order valence-electron chi connectivity index (χ3n) is 3.25. The number of halogens is 4. The number of hydrogen-bond donors (Lipinski definition) is 1. The minimum absolute atomic E-state index is 0.0254. The average Bonchev–Trinajstić information content (AvgIpc) is 2.34. The lowest BCUT2D eigenvalue weighted by atomic mass is 10.1. The number of rotatable bonds is 3. The Bertz CT molecular complexity index is 467. The van der Waals surface area contributed by atoms with E-state index in [0.717, 1.165) is 25.2 Å². The van der Waals surface area contributed by atoms with Crippen molar-refractivity contribution in [3.63, 3.8) is 0 Å². The van der Waals surface area contributed by atoms with E-state index in [1.807, 2.05) is 0 Å². The van der Waals surface area contributed by atoms with E-state index >= 15 is 0 Å². The Hall–Kier alpha value is -0.980. The van der Waals surface area contributed by atoms with Gasteiger partial charge in [-0.25, -0.2) is 0 Å². The summed E-state index contributed by atoms with van der Waals surface area (Å²) in [6.45, 7) is 5.49. The van der Waals surface area contributed by atoms with Crippen LogP contribution >= 0.6 is 11.6 Å². The molecule has 20 heavy (non-hydrogen) atoms. The summed E-state index contributed by atoms with van der Waals surface area (Å²) in [6, 6.07) is 4.78. The van der Waals surface area contributed by atoms with Gasteiger partial charge in [0.05, 0.1) is 5.02 Å². The smallest absolute Gasteiger partial charge is 0.404 e.